The molecule has 4 heteroatoms. The summed E-state index contributed by atoms with van der Waals surface area (Å²) in [6, 6.07) is 4.38. The van der Waals surface area contributed by atoms with E-state index >= 15 is 0 Å². The fraction of sp³-hybridized carbons (Fsp3) is 0.357. The Kier molecular flexibility index (Phi) is 3.18. The number of nitrogens with zero attached hydrogens (tertiary/aromatic N) is 2. The van der Waals surface area contributed by atoms with Crippen LogP contribution in [0.1, 0.15) is 32.1 Å². The van der Waals surface area contributed by atoms with E-state index in [4.69, 9.17) is 11.0 Å². The van der Waals surface area contributed by atoms with Gasteiger partial charge < -0.3 is 10.3 Å². The van der Waals surface area contributed by atoms with Gasteiger partial charge in [-0.25, -0.2) is 0 Å². The van der Waals surface area contributed by atoms with Crippen molar-refractivity contribution in [1.29, 1.82) is 5.26 Å². The van der Waals surface area contributed by atoms with Crippen molar-refractivity contribution in [2.45, 2.75) is 34.2 Å². The Morgan fingerprint density at radius 2 is 2.00 bits per heavy atom. The Labute approximate surface area is 111 Å². The van der Waals surface area contributed by atoms with Gasteiger partial charge in [-0.15, -0.1) is 11.3 Å². The Hall–Kier alpha value is -1.73. The number of hydrogen-bond donors (Lipinski definition) is 1. The second-order valence-corrected chi connectivity index (χ2v) is 5.96. The van der Waals surface area contributed by atoms with E-state index < -0.39 is 0 Å². The standard InChI is InChI=1S/C14H17N3S/c1-8-5-12(18-11(8)4)7-17-10(3)9(2)13(6-15)14(17)16/h5H,7,16H2,1-4H3. The smallest absolute Gasteiger partial charge is 0.122 e. The molecule has 0 atom stereocenters. The molecule has 0 saturated heterocycles. The van der Waals surface area contributed by atoms with Crippen LogP contribution in [-0.4, -0.2) is 4.57 Å². The Balaban J connectivity index is 2.44. The highest BCUT2D eigenvalue weighted by Crippen LogP contribution is 2.27. The number of aromatic nitrogens is 1. The highest BCUT2D eigenvalue weighted by molar-refractivity contribution is 7.12. The molecule has 2 N–H and O–H groups in total. The highest BCUT2D eigenvalue weighted by atomic mass is 32.1. The molecule has 0 aliphatic rings. The monoisotopic (exact) mass is 259 g/mol. The zero-order chi connectivity index (χ0) is 13.4. The van der Waals surface area contributed by atoms with Crippen LogP contribution in [-0.2, 0) is 6.54 Å². The molecule has 0 radical (unpaired) electrons. The second-order valence-electron chi connectivity index (χ2n) is 4.62. The van der Waals surface area contributed by atoms with Crippen LogP contribution < -0.4 is 5.73 Å². The summed E-state index contributed by atoms with van der Waals surface area (Å²) in [6.07, 6.45) is 0. The van der Waals surface area contributed by atoms with Crippen LogP contribution in [0.3, 0.4) is 0 Å². The van der Waals surface area contributed by atoms with E-state index in [1.54, 1.807) is 11.3 Å². The number of aryl methyl sites for hydroxylation is 2. The lowest BCUT2D eigenvalue weighted by atomic mass is 10.2. The molecule has 2 aromatic rings. The lowest BCUT2D eigenvalue weighted by molar-refractivity contribution is 0.795. The quantitative estimate of drug-likeness (QED) is 0.899. The first-order valence-electron chi connectivity index (χ1n) is 5.86. The van der Waals surface area contributed by atoms with Gasteiger partial charge in [-0.2, -0.15) is 5.26 Å². The molecule has 18 heavy (non-hydrogen) atoms. The van der Waals surface area contributed by atoms with Crippen LogP contribution in [0.15, 0.2) is 6.07 Å². The van der Waals surface area contributed by atoms with E-state index in [9.17, 15) is 0 Å². The minimum Gasteiger partial charge on any atom is -0.384 e. The molecule has 0 saturated carbocycles. The minimum absolute atomic E-state index is 0.580. The first kappa shape index (κ1) is 12.7. The van der Waals surface area contributed by atoms with Crippen molar-refractivity contribution in [2.24, 2.45) is 0 Å². The summed E-state index contributed by atoms with van der Waals surface area (Å²) >= 11 is 1.79. The van der Waals surface area contributed by atoms with E-state index in [2.05, 4.69) is 26.0 Å². The van der Waals surface area contributed by atoms with Gasteiger partial charge in [-0.3, -0.25) is 0 Å². The largest absolute Gasteiger partial charge is 0.384 e. The van der Waals surface area contributed by atoms with Gasteiger partial charge in [0, 0.05) is 15.4 Å². The van der Waals surface area contributed by atoms with E-state index in [0.717, 1.165) is 17.8 Å². The molecule has 2 aromatic heterocycles. The maximum atomic E-state index is 9.11. The van der Waals surface area contributed by atoms with Crippen LogP contribution in [0.5, 0.6) is 0 Å². The predicted octanol–water partition coefficient (Wildman–Crippen LogP) is 3.29. The predicted molar refractivity (Wildman–Crippen MR) is 75.9 cm³/mol. The molecule has 0 aliphatic heterocycles. The number of nitrogen functional groups attached to an aromatic ring is 1. The molecule has 94 valence electrons. The van der Waals surface area contributed by atoms with Crippen LogP contribution in [0, 0.1) is 39.0 Å². The van der Waals surface area contributed by atoms with Crippen LogP contribution in [0.2, 0.25) is 0 Å². The summed E-state index contributed by atoms with van der Waals surface area (Å²) in [4.78, 5) is 2.62. The summed E-state index contributed by atoms with van der Waals surface area (Å²) in [7, 11) is 0. The van der Waals surface area contributed by atoms with E-state index in [1.807, 2.05) is 18.4 Å². The topological polar surface area (TPSA) is 54.7 Å². The third-order valence-corrected chi connectivity index (χ3v) is 4.65. The van der Waals surface area contributed by atoms with Crippen molar-refractivity contribution in [2.75, 3.05) is 5.73 Å². The van der Waals surface area contributed by atoms with Crippen molar-refractivity contribution in [1.82, 2.24) is 4.57 Å². The van der Waals surface area contributed by atoms with Crippen molar-refractivity contribution >= 4 is 17.2 Å². The van der Waals surface area contributed by atoms with Crippen LogP contribution in [0.4, 0.5) is 5.82 Å². The number of rotatable bonds is 2. The Morgan fingerprint density at radius 3 is 2.44 bits per heavy atom. The van der Waals surface area contributed by atoms with Gasteiger partial charge in [-0.1, -0.05) is 0 Å². The summed E-state index contributed by atoms with van der Waals surface area (Å²) in [6.45, 7) is 8.96. The maximum Gasteiger partial charge on any atom is 0.122 e. The Morgan fingerprint density at radius 1 is 1.33 bits per heavy atom. The van der Waals surface area contributed by atoms with Gasteiger partial charge in [0.1, 0.15) is 11.9 Å². The lowest BCUT2D eigenvalue weighted by Gasteiger charge is -2.07. The van der Waals surface area contributed by atoms with E-state index in [-0.39, 0.29) is 0 Å². The molecule has 0 bridgehead atoms. The summed E-state index contributed by atoms with van der Waals surface area (Å²) in [5.41, 5.74) is 10.0. The molecule has 0 aromatic carbocycles. The van der Waals surface area contributed by atoms with Gasteiger partial charge in [-0.05, 0) is 44.9 Å². The summed E-state index contributed by atoms with van der Waals surface area (Å²) < 4.78 is 2.03. The molecular weight excluding hydrogens is 242 g/mol. The molecule has 0 spiro atoms. The molecule has 0 amide bonds. The van der Waals surface area contributed by atoms with E-state index in [1.165, 1.54) is 15.3 Å². The van der Waals surface area contributed by atoms with E-state index in [0.29, 0.717) is 11.4 Å². The number of hydrogen-bond acceptors (Lipinski definition) is 3. The zero-order valence-electron chi connectivity index (χ0n) is 11.2. The summed E-state index contributed by atoms with van der Waals surface area (Å²) in [5, 5.41) is 9.11. The first-order chi connectivity index (χ1) is 8.45. The third-order valence-electron chi connectivity index (χ3n) is 3.51. The van der Waals surface area contributed by atoms with Crippen LogP contribution in [0.25, 0.3) is 0 Å². The molecule has 0 fully saturated rings. The van der Waals surface area contributed by atoms with Crippen molar-refractivity contribution in [3.05, 3.63) is 38.2 Å². The van der Waals surface area contributed by atoms with Crippen molar-refractivity contribution < 1.29 is 0 Å². The number of nitriles is 1. The molecule has 2 heterocycles. The molecular formula is C14H17N3S. The molecule has 2 rings (SSSR count). The van der Waals surface area contributed by atoms with Gasteiger partial charge >= 0.3 is 0 Å². The summed E-state index contributed by atoms with van der Waals surface area (Å²) in [5.74, 6) is 0.580. The van der Waals surface area contributed by atoms with Crippen molar-refractivity contribution in [3.8, 4) is 6.07 Å². The van der Waals surface area contributed by atoms with Gasteiger partial charge in [0.2, 0.25) is 0 Å². The third kappa shape index (κ3) is 1.91. The highest BCUT2D eigenvalue weighted by Gasteiger charge is 2.15. The van der Waals surface area contributed by atoms with Gasteiger partial charge in [0.05, 0.1) is 12.1 Å². The van der Waals surface area contributed by atoms with Gasteiger partial charge in [0.15, 0.2) is 0 Å². The first-order valence-corrected chi connectivity index (χ1v) is 6.68. The SMILES string of the molecule is Cc1cc(Cn2c(C)c(C)c(C#N)c2N)sc1C. The molecule has 3 nitrogen and oxygen atoms in total. The molecule has 0 aliphatic carbocycles. The van der Waals surface area contributed by atoms with Crippen LogP contribution >= 0.6 is 11.3 Å². The second kappa shape index (κ2) is 4.51. The molecule has 0 unspecified atom stereocenters. The minimum atomic E-state index is 0.580. The number of anilines is 1. The number of nitrogens with two attached hydrogens (primary N) is 1. The normalized spacial score (nSPS) is 10.6. The van der Waals surface area contributed by atoms with Crippen molar-refractivity contribution in [3.63, 3.8) is 0 Å². The fourth-order valence-corrected chi connectivity index (χ4v) is 3.16. The lowest BCUT2D eigenvalue weighted by Crippen LogP contribution is -2.05. The van der Waals surface area contributed by atoms with Gasteiger partial charge in [0.25, 0.3) is 0 Å². The Bertz CT molecular complexity index is 622. The average Bonchev–Trinajstić information content (AvgIpc) is 2.73. The zero-order valence-corrected chi connectivity index (χ0v) is 12.0. The number of thiophene rings is 1. The average molecular weight is 259 g/mol. The maximum absolute atomic E-state index is 9.11. The fourth-order valence-electron chi connectivity index (χ4n) is 2.12.